The van der Waals surface area contributed by atoms with E-state index in [0.717, 1.165) is 17.6 Å². The van der Waals surface area contributed by atoms with Crippen molar-refractivity contribution in [3.8, 4) is 6.07 Å². The first-order chi connectivity index (χ1) is 10.8. The molecule has 1 saturated heterocycles. The monoisotopic (exact) mass is 324 g/mol. The van der Waals surface area contributed by atoms with Crippen LogP contribution in [0.3, 0.4) is 0 Å². The molecule has 4 atom stereocenters. The average Bonchev–Trinajstić information content (AvgIpc) is 2.99. The van der Waals surface area contributed by atoms with Gasteiger partial charge in [0.1, 0.15) is 24.0 Å². The van der Waals surface area contributed by atoms with Gasteiger partial charge in [0.15, 0.2) is 5.67 Å². The van der Waals surface area contributed by atoms with E-state index in [-0.39, 0.29) is 17.3 Å². The summed E-state index contributed by atoms with van der Waals surface area (Å²) in [4.78, 5) is 17.8. The Morgan fingerprint density at radius 3 is 2.96 bits per heavy atom. The van der Waals surface area contributed by atoms with E-state index in [4.69, 9.17) is 10.5 Å². The number of anilines is 1. The van der Waals surface area contributed by atoms with Crippen LogP contribution in [0.2, 0.25) is 0 Å². The number of alkyl halides is 1. The number of halogens is 1. The first-order valence-corrected chi connectivity index (χ1v) is 6.59. The Kier molecular flexibility index (Phi) is 3.15. The molecule has 0 radical (unpaired) electrons. The van der Waals surface area contributed by atoms with E-state index in [1.807, 2.05) is 0 Å². The third kappa shape index (κ3) is 1.79. The number of rotatable bonds is 2. The average molecular weight is 324 g/mol. The smallest absolute Gasteiger partial charge is 0.295 e. The molecule has 3 rings (SSSR count). The fraction of sp³-hybridized carbons (Fsp3) is 0.500. The number of aliphatic hydroxyl groups excluding tert-OH is 2. The zero-order valence-corrected chi connectivity index (χ0v) is 11.9. The number of nitrogens with zero attached hydrogens (tertiary/aromatic N) is 4. The third-order valence-corrected chi connectivity index (χ3v) is 4.01. The van der Waals surface area contributed by atoms with Gasteiger partial charge in [-0.15, -0.1) is 5.10 Å². The number of nitrogen functional groups attached to an aromatic ring is 1. The van der Waals surface area contributed by atoms with Crippen LogP contribution in [0.25, 0.3) is 5.65 Å². The van der Waals surface area contributed by atoms with Gasteiger partial charge in [-0.05, 0) is 6.92 Å². The van der Waals surface area contributed by atoms with Gasteiger partial charge in [-0.2, -0.15) is 5.26 Å². The minimum atomic E-state index is -2.59. The van der Waals surface area contributed by atoms with Crippen molar-refractivity contribution < 1.29 is 19.3 Å². The summed E-state index contributed by atoms with van der Waals surface area (Å²) in [5.74, 6) is -0.271. The highest BCUT2D eigenvalue weighted by molar-refractivity contribution is 5.43. The minimum Gasteiger partial charge on any atom is -0.394 e. The fourth-order valence-corrected chi connectivity index (χ4v) is 2.75. The van der Waals surface area contributed by atoms with Gasteiger partial charge < -0.3 is 20.7 Å². The predicted octanol–water partition coefficient (Wildman–Crippen LogP) is -1.80. The number of imidazole rings is 1. The van der Waals surface area contributed by atoms with E-state index in [0.29, 0.717) is 0 Å². The number of ether oxygens (including phenoxy) is 1. The first-order valence-electron chi connectivity index (χ1n) is 6.59. The van der Waals surface area contributed by atoms with Crippen LogP contribution in [0, 0.1) is 11.3 Å². The van der Waals surface area contributed by atoms with E-state index in [1.54, 1.807) is 6.07 Å². The summed E-state index contributed by atoms with van der Waals surface area (Å²) in [5, 5.41) is 32.6. The fourth-order valence-electron chi connectivity index (χ4n) is 2.75. The summed E-state index contributed by atoms with van der Waals surface area (Å²) >= 11 is 0. The van der Waals surface area contributed by atoms with Crippen molar-refractivity contribution >= 4 is 11.6 Å². The van der Waals surface area contributed by atoms with Crippen LogP contribution >= 0.6 is 0 Å². The van der Waals surface area contributed by atoms with Gasteiger partial charge in [-0.1, -0.05) is 0 Å². The van der Waals surface area contributed by atoms with Crippen LogP contribution in [-0.4, -0.2) is 54.3 Å². The second-order valence-electron chi connectivity index (χ2n) is 5.37. The van der Waals surface area contributed by atoms with Crippen molar-refractivity contribution in [3.63, 3.8) is 0 Å². The van der Waals surface area contributed by atoms with Crippen molar-refractivity contribution in [1.29, 1.82) is 5.26 Å². The van der Waals surface area contributed by atoms with Crippen molar-refractivity contribution in [1.82, 2.24) is 19.6 Å². The molecule has 23 heavy (non-hydrogen) atoms. The third-order valence-electron chi connectivity index (χ3n) is 4.01. The van der Waals surface area contributed by atoms with Gasteiger partial charge in [-0.3, -0.25) is 9.78 Å². The molecule has 0 bridgehead atoms. The lowest BCUT2D eigenvalue weighted by atomic mass is 9.82. The van der Waals surface area contributed by atoms with Crippen LogP contribution in [-0.2, 0) is 10.3 Å². The Labute approximate surface area is 127 Å². The molecule has 10 nitrogen and oxygen atoms in total. The molecule has 0 spiro atoms. The molecule has 0 saturated carbocycles. The van der Waals surface area contributed by atoms with E-state index in [2.05, 4.69) is 15.1 Å². The van der Waals surface area contributed by atoms with Gasteiger partial charge in [0.2, 0.25) is 17.2 Å². The molecule has 0 unspecified atom stereocenters. The zero-order chi connectivity index (χ0) is 17.0. The number of fused-ring (bicyclic) bond motifs is 1. The number of nitrogens with one attached hydrogen (secondary N) is 1. The molecule has 3 heterocycles. The van der Waals surface area contributed by atoms with Gasteiger partial charge in [0.05, 0.1) is 12.8 Å². The van der Waals surface area contributed by atoms with Crippen LogP contribution in [0.4, 0.5) is 10.3 Å². The molecule has 0 amide bonds. The molecule has 0 aliphatic carbocycles. The number of aromatic amines is 1. The number of nitriles is 1. The zero-order valence-electron chi connectivity index (χ0n) is 11.9. The van der Waals surface area contributed by atoms with Crippen LogP contribution < -0.4 is 11.3 Å². The van der Waals surface area contributed by atoms with Gasteiger partial charge >= 0.3 is 0 Å². The van der Waals surface area contributed by atoms with Crippen molar-refractivity contribution in [2.45, 2.75) is 30.4 Å². The number of hydrogen-bond donors (Lipinski definition) is 4. The summed E-state index contributed by atoms with van der Waals surface area (Å²) < 4.78 is 21.4. The Balaban J connectivity index is 2.32. The highest BCUT2D eigenvalue weighted by Gasteiger charge is 2.67. The molecule has 1 aliphatic heterocycles. The normalized spacial score (nSPS) is 33.9. The van der Waals surface area contributed by atoms with Crippen molar-refractivity contribution in [3.05, 3.63) is 22.2 Å². The highest BCUT2D eigenvalue weighted by Crippen LogP contribution is 2.48. The Hall–Kier alpha value is -2.55. The molecular formula is C12H13FN6O4. The summed E-state index contributed by atoms with van der Waals surface area (Å²) in [6, 6.07) is 1.67. The number of aliphatic hydroxyl groups is 2. The molecule has 2 aromatic heterocycles. The molecule has 1 fully saturated rings. The summed E-state index contributed by atoms with van der Waals surface area (Å²) in [6.07, 6.45) is -2.04. The van der Waals surface area contributed by atoms with Crippen molar-refractivity contribution in [2.75, 3.05) is 12.3 Å². The van der Waals surface area contributed by atoms with Gasteiger partial charge in [-0.25, -0.2) is 13.9 Å². The largest absolute Gasteiger partial charge is 0.394 e. The Bertz CT molecular complexity index is 871. The summed E-state index contributed by atoms with van der Waals surface area (Å²) in [7, 11) is 0. The molecule has 5 N–H and O–H groups in total. The maximum Gasteiger partial charge on any atom is 0.295 e. The number of H-pyrrole nitrogens is 1. The van der Waals surface area contributed by atoms with E-state index in [1.165, 1.54) is 0 Å². The SMILES string of the molecule is C[C@@]1(F)[C@H](O)[C@@H](CO)O[C@@]1(C#N)c1cnc2c(=O)[nH]c(N)nn12. The topological polar surface area (TPSA) is 163 Å². The molecular weight excluding hydrogens is 311 g/mol. The highest BCUT2D eigenvalue weighted by atomic mass is 19.1. The lowest BCUT2D eigenvalue weighted by Gasteiger charge is -2.30. The van der Waals surface area contributed by atoms with Crippen LogP contribution in [0.15, 0.2) is 11.0 Å². The van der Waals surface area contributed by atoms with Gasteiger partial charge in [0, 0.05) is 0 Å². The molecule has 122 valence electrons. The number of hydrogen-bond acceptors (Lipinski definition) is 8. The standard InChI is InChI=1S/C12H13FN6O4/c1-11(13)7(21)5(3-20)23-12(11,4-14)6-2-16-8-9(22)17-10(15)18-19(6)8/h2,5,7,20-21H,3H2,1H3,(H3,15,17,18,22)/t5-,7-,11-,12+/m1/s1. The van der Waals surface area contributed by atoms with Crippen LogP contribution in [0.1, 0.15) is 12.6 Å². The quantitative estimate of drug-likeness (QED) is 0.502. The number of nitrogens with two attached hydrogens (primary N) is 1. The summed E-state index contributed by atoms with van der Waals surface area (Å²) in [6.45, 7) is 0.267. The molecule has 2 aromatic rings. The van der Waals surface area contributed by atoms with E-state index >= 15 is 4.39 Å². The Morgan fingerprint density at radius 1 is 1.70 bits per heavy atom. The minimum absolute atomic E-state index is 0.215. The van der Waals surface area contributed by atoms with E-state index < -0.39 is 35.6 Å². The molecule has 0 aromatic carbocycles. The van der Waals surface area contributed by atoms with Gasteiger partial charge in [0.25, 0.3) is 5.56 Å². The van der Waals surface area contributed by atoms with E-state index in [9.17, 15) is 20.3 Å². The maximum atomic E-state index is 15.2. The lowest BCUT2D eigenvalue weighted by Crippen LogP contribution is -2.48. The second kappa shape index (κ2) is 4.72. The Morgan fingerprint density at radius 2 is 2.39 bits per heavy atom. The summed E-state index contributed by atoms with van der Waals surface area (Å²) in [5.41, 5.74) is -0.576. The molecule has 1 aliphatic rings. The number of aromatic nitrogens is 4. The predicted molar refractivity (Wildman–Crippen MR) is 72.8 cm³/mol. The van der Waals surface area contributed by atoms with Crippen LogP contribution in [0.5, 0.6) is 0 Å². The second-order valence-corrected chi connectivity index (χ2v) is 5.37. The maximum absolute atomic E-state index is 15.2. The molecule has 11 heteroatoms. The van der Waals surface area contributed by atoms with Crippen molar-refractivity contribution in [2.24, 2.45) is 0 Å². The lowest BCUT2D eigenvalue weighted by molar-refractivity contribution is -0.0719. The first kappa shape index (κ1) is 15.3.